The molecule has 0 fully saturated rings. The number of hydrogen-bond donors (Lipinski definition) is 2. The number of carbonyl (C=O) groups excluding carboxylic acids is 1. The fourth-order valence-electron chi connectivity index (χ4n) is 4.70. The lowest BCUT2D eigenvalue weighted by Gasteiger charge is -2.46. The highest BCUT2D eigenvalue weighted by molar-refractivity contribution is 5.67. The first-order valence-corrected chi connectivity index (χ1v) is 11.4. The number of aliphatic hydroxyl groups excluding tert-OH is 2. The summed E-state index contributed by atoms with van der Waals surface area (Å²) in [5.74, 6) is 1.61. The maximum Gasteiger partial charge on any atom is 0.513 e. The fourth-order valence-corrected chi connectivity index (χ4v) is 4.70. The highest BCUT2D eigenvalue weighted by atomic mass is 16.7. The molecule has 6 nitrogen and oxygen atoms in total. The summed E-state index contributed by atoms with van der Waals surface area (Å²) in [5.41, 5.74) is 2.97. The molecule has 1 aromatic rings. The quantitative estimate of drug-likeness (QED) is 0.263. The van der Waals surface area contributed by atoms with Gasteiger partial charge in [0.05, 0.1) is 6.61 Å². The third-order valence-corrected chi connectivity index (χ3v) is 6.38. The Morgan fingerprint density at radius 2 is 2.10 bits per heavy atom. The average Bonchev–Trinajstić information content (AvgIpc) is 2.71. The molecule has 6 heteroatoms. The fraction of sp³-hybridized carbons (Fsp3) is 0.640. The van der Waals surface area contributed by atoms with Crippen molar-refractivity contribution >= 4 is 6.16 Å². The molecule has 3 atom stereocenters. The minimum absolute atomic E-state index is 0.100. The van der Waals surface area contributed by atoms with E-state index in [1.807, 2.05) is 6.07 Å². The van der Waals surface area contributed by atoms with Gasteiger partial charge in [-0.25, -0.2) is 4.79 Å². The van der Waals surface area contributed by atoms with E-state index in [0.717, 1.165) is 55.4 Å². The van der Waals surface area contributed by atoms with E-state index >= 15 is 0 Å². The van der Waals surface area contributed by atoms with Crippen molar-refractivity contribution in [3.8, 4) is 11.5 Å². The third-order valence-electron chi connectivity index (χ3n) is 6.38. The minimum atomic E-state index is -1.13. The number of allylic oxidation sites excluding steroid dienone is 2. The molecule has 0 aromatic heterocycles. The molecule has 0 spiro atoms. The Kier molecular flexibility index (Phi) is 7.65. The Balaban J connectivity index is 1.96. The van der Waals surface area contributed by atoms with Crippen molar-refractivity contribution in [1.29, 1.82) is 0 Å². The molecule has 0 radical (unpaired) electrons. The van der Waals surface area contributed by atoms with Crippen LogP contribution < -0.4 is 9.47 Å². The Morgan fingerprint density at radius 3 is 2.81 bits per heavy atom. The van der Waals surface area contributed by atoms with Crippen LogP contribution in [0.2, 0.25) is 0 Å². The molecule has 0 bridgehead atoms. The van der Waals surface area contributed by atoms with Crippen molar-refractivity contribution in [2.75, 3.05) is 13.2 Å². The topological polar surface area (TPSA) is 85.2 Å². The zero-order valence-electron chi connectivity index (χ0n) is 19.1. The summed E-state index contributed by atoms with van der Waals surface area (Å²) in [6, 6.07) is 4.02. The molecule has 172 valence electrons. The highest BCUT2D eigenvalue weighted by Crippen LogP contribution is 2.53. The zero-order valence-corrected chi connectivity index (χ0v) is 19.1. The van der Waals surface area contributed by atoms with Crippen LogP contribution in [0.3, 0.4) is 0 Å². The SMILES string of the molecule is CCCCCc1cc(OC(=O)OC[C@@H](O)CO)c2c(c1)OC(C)(C)[C@@H]1CCC(C)=C[C@@H]21. The molecule has 2 N–H and O–H groups in total. The third kappa shape index (κ3) is 5.60. The number of unbranched alkanes of at least 4 members (excludes halogenated alkanes) is 2. The molecule has 0 saturated heterocycles. The van der Waals surface area contributed by atoms with Crippen molar-refractivity contribution in [3.05, 3.63) is 34.9 Å². The van der Waals surface area contributed by atoms with Crippen LogP contribution >= 0.6 is 0 Å². The van der Waals surface area contributed by atoms with Crippen LogP contribution in [0.1, 0.15) is 76.8 Å². The molecule has 2 aliphatic rings. The van der Waals surface area contributed by atoms with Gasteiger partial charge >= 0.3 is 6.16 Å². The van der Waals surface area contributed by atoms with Crippen LogP contribution in [-0.2, 0) is 11.2 Å². The molecule has 3 rings (SSSR count). The molecule has 1 aromatic carbocycles. The van der Waals surface area contributed by atoms with Gasteiger partial charge in [0.2, 0.25) is 0 Å². The van der Waals surface area contributed by atoms with E-state index in [1.165, 1.54) is 5.57 Å². The minimum Gasteiger partial charge on any atom is -0.487 e. The second kappa shape index (κ2) is 10.0. The predicted octanol–water partition coefficient (Wildman–Crippen LogP) is 4.90. The van der Waals surface area contributed by atoms with E-state index in [4.69, 9.17) is 19.3 Å². The van der Waals surface area contributed by atoms with Gasteiger partial charge in [-0.05, 0) is 64.2 Å². The molecule has 0 unspecified atom stereocenters. The summed E-state index contributed by atoms with van der Waals surface area (Å²) >= 11 is 0. The van der Waals surface area contributed by atoms with Gasteiger partial charge in [0.15, 0.2) is 0 Å². The Morgan fingerprint density at radius 1 is 1.32 bits per heavy atom. The summed E-state index contributed by atoms with van der Waals surface area (Å²) in [4.78, 5) is 12.3. The van der Waals surface area contributed by atoms with Crippen molar-refractivity contribution in [2.45, 2.75) is 83.8 Å². The van der Waals surface area contributed by atoms with Crippen LogP contribution in [0, 0.1) is 5.92 Å². The van der Waals surface area contributed by atoms with Crippen molar-refractivity contribution < 1.29 is 29.2 Å². The number of hydrogen-bond acceptors (Lipinski definition) is 6. The Bertz CT molecular complexity index is 812. The monoisotopic (exact) mass is 432 g/mol. The molecule has 1 heterocycles. The lowest BCUT2D eigenvalue weighted by Crippen LogP contribution is -2.45. The van der Waals surface area contributed by atoms with E-state index in [0.29, 0.717) is 5.75 Å². The van der Waals surface area contributed by atoms with Gasteiger partial charge < -0.3 is 24.4 Å². The maximum absolute atomic E-state index is 12.3. The van der Waals surface area contributed by atoms with Gasteiger partial charge in [0, 0.05) is 17.4 Å². The first-order valence-electron chi connectivity index (χ1n) is 11.4. The largest absolute Gasteiger partial charge is 0.513 e. The van der Waals surface area contributed by atoms with Crippen LogP contribution in [-0.4, -0.2) is 41.3 Å². The number of carbonyl (C=O) groups is 1. The number of rotatable bonds is 8. The first kappa shape index (κ1) is 23.6. The van der Waals surface area contributed by atoms with E-state index in [9.17, 15) is 9.90 Å². The number of aliphatic hydroxyl groups is 2. The number of aryl methyl sites for hydroxylation is 1. The molecule has 0 amide bonds. The Labute approximate surface area is 185 Å². The summed E-state index contributed by atoms with van der Waals surface area (Å²) in [6.45, 7) is 7.78. The molecule has 31 heavy (non-hydrogen) atoms. The van der Waals surface area contributed by atoms with Gasteiger partial charge in [-0.1, -0.05) is 31.4 Å². The van der Waals surface area contributed by atoms with Crippen LogP contribution in [0.4, 0.5) is 4.79 Å². The van der Waals surface area contributed by atoms with E-state index in [-0.39, 0.29) is 24.0 Å². The van der Waals surface area contributed by atoms with E-state index in [2.05, 4.69) is 39.8 Å². The summed E-state index contributed by atoms with van der Waals surface area (Å²) in [5, 5.41) is 18.4. The normalized spacial score (nSPS) is 22.5. The van der Waals surface area contributed by atoms with Gasteiger partial charge in [0.25, 0.3) is 0 Å². The second-order valence-corrected chi connectivity index (χ2v) is 9.35. The first-order chi connectivity index (χ1) is 14.7. The molecule has 1 aliphatic heterocycles. The lowest BCUT2D eigenvalue weighted by atomic mass is 9.68. The number of fused-ring (bicyclic) bond motifs is 3. The van der Waals surface area contributed by atoms with Crippen LogP contribution in [0.15, 0.2) is 23.8 Å². The number of benzene rings is 1. The van der Waals surface area contributed by atoms with Gasteiger partial charge in [-0.15, -0.1) is 0 Å². The summed E-state index contributed by atoms with van der Waals surface area (Å²) in [6.07, 6.45) is 6.51. The predicted molar refractivity (Wildman–Crippen MR) is 119 cm³/mol. The van der Waals surface area contributed by atoms with Crippen molar-refractivity contribution in [2.24, 2.45) is 5.92 Å². The lowest BCUT2D eigenvalue weighted by molar-refractivity contribution is 0.00812. The molecule has 1 aliphatic carbocycles. The number of ether oxygens (including phenoxy) is 3. The second-order valence-electron chi connectivity index (χ2n) is 9.35. The van der Waals surface area contributed by atoms with Crippen LogP contribution in [0.5, 0.6) is 11.5 Å². The maximum atomic E-state index is 12.3. The summed E-state index contributed by atoms with van der Waals surface area (Å²) < 4.78 is 17.1. The van der Waals surface area contributed by atoms with Crippen LogP contribution in [0.25, 0.3) is 0 Å². The zero-order chi connectivity index (χ0) is 22.6. The van der Waals surface area contributed by atoms with Gasteiger partial charge in [0.1, 0.15) is 29.8 Å². The van der Waals surface area contributed by atoms with E-state index < -0.39 is 18.9 Å². The highest BCUT2D eigenvalue weighted by Gasteiger charge is 2.45. The smallest absolute Gasteiger partial charge is 0.487 e. The Hall–Kier alpha value is -2.05. The summed E-state index contributed by atoms with van der Waals surface area (Å²) in [7, 11) is 0. The standard InChI is InChI=1S/C25H36O6/c1-5-6-7-8-17-12-21(30-24(28)29-15-18(27)14-26)23-19-11-16(2)9-10-20(19)25(3,4)31-22(23)13-17/h11-13,18-20,26-27H,5-10,14-15H2,1-4H3/t18-,19+,20+/m0/s1. The molecular formula is C25H36O6. The van der Waals surface area contributed by atoms with Gasteiger partial charge in [-0.2, -0.15) is 0 Å². The van der Waals surface area contributed by atoms with E-state index in [1.54, 1.807) is 0 Å². The van der Waals surface area contributed by atoms with Crippen molar-refractivity contribution in [1.82, 2.24) is 0 Å². The molecular weight excluding hydrogens is 396 g/mol. The van der Waals surface area contributed by atoms with Gasteiger partial charge in [-0.3, -0.25) is 0 Å². The average molecular weight is 433 g/mol. The molecule has 0 saturated carbocycles. The van der Waals surface area contributed by atoms with Crippen molar-refractivity contribution in [3.63, 3.8) is 0 Å².